The molecule has 1 heterocycles. The molecule has 7 nitrogen and oxygen atoms in total. The van der Waals surface area contributed by atoms with Crippen molar-refractivity contribution in [3.05, 3.63) is 24.3 Å². The highest BCUT2D eigenvalue weighted by molar-refractivity contribution is 5.95. The van der Waals surface area contributed by atoms with Gasteiger partial charge < -0.3 is 15.0 Å². The fourth-order valence-corrected chi connectivity index (χ4v) is 2.62. The van der Waals surface area contributed by atoms with Crippen LogP contribution in [0.5, 0.6) is 5.75 Å². The van der Waals surface area contributed by atoms with Crippen LogP contribution >= 0.6 is 0 Å². The lowest BCUT2D eigenvalue weighted by Crippen LogP contribution is -2.51. The number of rotatable bonds is 6. The molecule has 1 aliphatic rings. The summed E-state index contributed by atoms with van der Waals surface area (Å²) < 4.78 is 5.26. The molecule has 1 aromatic carbocycles. The van der Waals surface area contributed by atoms with Crippen molar-refractivity contribution in [3.63, 3.8) is 0 Å². The van der Waals surface area contributed by atoms with Crippen LogP contribution in [0.2, 0.25) is 0 Å². The summed E-state index contributed by atoms with van der Waals surface area (Å²) in [6.45, 7) is 6.00. The smallest absolute Gasteiger partial charge is 0.321 e. The number of methoxy groups -OCH3 is 1. The van der Waals surface area contributed by atoms with Gasteiger partial charge in [0.05, 0.1) is 13.7 Å². The lowest BCUT2D eigenvalue weighted by atomic mass is 10.2. The lowest BCUT2D eigenvalue weighted by molar-refractivity contribution is -0.121. The lowest BCUT2D eigenvalue weighted by Gasteiger charge is -2.35. The Morgan fingerprint density at radius 2 is 1.96 bits per heavy atom. The summed E-state index contributed by atoms with van der Waals surface area (Å²) in [5.74, 6) is 0.575. The molecule has 3 amide bonds. The van der Waals surface area contributed by atoms with Gasteiger partial charge in [0.1, 0.15) is 5.75 Å². The molecular weight excluding hydrogens is 308 g/mol. The Hall–Kier alpha value is -2.28. The van der Waals surface area contributed by atoms with Crippen LogP contribution in [0.1, 0.15) is 13.3 Å². The van der Waals surface area contributed by atoms with Crippen LogP contribution in [-0.2, 0) is 4.79 Å². The number of hydrogen-bond donors (Lipinski definition) is 2. The maximum Gasteiger partial charge on any atom is 0.321 e. The summed E-state index contributed by atoms with van der Waals surface area (Å²) in [4.78, 5) is 27.7. The second kappa shape index (κ2) is 9.12. The second-order valence-corrected chi connectivity index (χ2v) is 5.77. The zero-order valence-corrected chi connectivity index (χ0v) is 14.4. The van der Waals surface area contributed by atoms with E-state index >= 15 is 0 Å². The van der Waals surface area contributed by atoms with Gasteiger partial charge in [0.2, 0.25) is 5.91 Å². The quantitative estimate of drug-likeness (QED) is 0.814. The maximum atomic E-state index is 11.9. The molecule has 0 aliphatic carbocycles. The monoisotopic (exact) mass is 334 g/mol. The Kier molecular flexibility index (Phi) is 6.87. The largest absolute Gasteiger partial charge is 0.497 e. The zero-order chi connectivity index (χ0) is 17.4. The molecule has 24 heavy (non-hydrogen) atoms. The molecular formula is C17H26N4O3. The van der Waals surface area contributed by atoms with Crippen molar-refractivity contribution in [1.82, 2.24) is 15.5 Å². The van der Waals surface area contributed by atoms with Gasteiger partial charge in [0.25, 0.3) is 0 Å². The average molecular weight is 334 g/mol. The molecule has 0 radical (unpaired) electrons. The van der Waals surface area contributed by atoms with Crippen LogP contribution in [0.25, 0.3) is 0 Å². The van der Waals surface area contributed by atoms with Crippen molar-refractivity contribution in [1.29, 1.82) is 0 Å². The topological polar surface area (TPSA) is 73.9 Å². The zero-order valence-electron chi connectivity index (χ0n) is 14.4. The summed E-state index contributed by atoms with van der Waals surface area (Å²) in [6, 6.07) is 7.55. The Morgan fingerprint density at radius 1 is 1.21 bits per heavy atom. The van der Waals surface area contributed by atoms with E-state index in [-0.39, 0.29) is 12.5 Å². The highest BCUT2D eigenvalue weighted by atomic mass is 16.5. The number of nitrogens with zero attached hydrogens (tertiary/aromatic N) is 2. The minimum atomic E-state index is -0.420. The van der Waals surface area contributed by atoms with Crippen molar-refractivity contribution in [2.45, 2.75) is 13.3 Å². The molecule has 7 heteroatoms. The van der Waals surface area contributed by atoms with E-state index in [1.165, 1.54) is 0 Å². The van der Waals surface area contributed by atoms with Gasteiger partial charge in [0, 0.05) is 44.5 Å². The number of amides is 3. The number of benzene rings is 1. The maximum absolute atomic E-state index is 11.9. The number of anilines is 1. The Morgan fingerprint density at radius 3 is 2.62 bits per heavy atom. The van der Waals surface area contributed by atoms with Crippen LogP contribution in [0, 0.1) is 0 Å². The number of carbonyl (C=O) groups excluding carboxylic acids is 2. The summed E-state index contributed by atoms with van der Waals surface area (Å²) in [6.07, 6.45) is 0.841. The van der Waals surface area contributed by atoms with E-state index in [1.807, 2.05) is 25.1 Å². The van der Waals surface area contributed by atoms with Gasteiger partial charge in [-0.25, -0.2) is 4.79 Å². The van der Waals surface area contributed by atoms with Crippen molar-refractivity contribution in [2.75, 3.05) is 51.3 Å². The van der Waals surface area contributed by atoms with Gasteiger partial charge in [-0.3, -0.25) is 15.0 Å². The summed E-state index contributed by atoms with van der Waals surface area (Å²) in [5, 5.41) is 4.99. The predicted molar refractivity (Wildman–Crippen MR) is 93.5 cm³/mol. The first-order valence-electron chi connectivity index (χ1n) is 8.31. The van der Waals surface area contributed by atoms with E-state index in [0.717, 1.165) is 44.0 Å². The standard InChI is InChI=1S/C17H26N4O3/c1-3-7-18-17(23)19-16(22)13-20-8-10-21(11-9-20)14-5-4-6-15(12-14)24-2/h4-6,12H,3,7-11,13H2,1-2H3,(H2,18,19,22,23). The van der Waals surface area contributed by atoms with Gasteiger partial charge in [-0.15, -0.1) is 0 Å². The van der Waals surface area contributed by atoms with E-state index in [0.29, 0.717) is 6.54 Å². The summed E-state index contributed by atoms with van der Waals surface area (Å²) in [5.41, 5.74) is 1.12. The first-order chi connectivity index (χ1) is 11.6. The number of imide groups is 1. The van der Waals surface area contributed by atoms with Gasteiger partial charge in [-0.2, -0.15) is 0 Å². The predicted octanol–water partition coefficient (Wildman–Crippen LogP) is 1.05. The van der Waals surface area contributed by atoms with Crippen molar-refractivity contribution < 1.29 is 14.3 Å². The number of ether oxygens (including phenoxy) is 1. The highest BCUT2D eigenvalue weighted by Crippen LogP contribution is 2.21. The van der Waals surface area contributed by atoms with Crippen molar-refractivity contribution in [2.24, 2.45) is 0 Å². The number of carbonyl (C=O) groups is 2. The van der Waals surface area contributed by atoms with Gasteiger partial charge in [-0.1, -0.05) is 13.0 Å². The molecule has 1 saturated heterocycles. The number of nitrogens with one attached hydrogen (secondary N) is 2. The molecule has 0 aromatic heterocycles. The number of hydrogen-bond acceptors (Lipinski definition) is 5. The van der Waals surface area contributed by atoms with Crippen LogP contribution < -0.4 is 20.3 Å². The van der Waals surface area contributed by atoms with E-state index < -0.39 is 6.03 Å². The fraction of sp³-hybridized carbons (Fsp3) is 0.529. The van der Waals surface area contributed by atoms with Crippen LogP contribution in [-0.4, -0.2) is 63.2 Å². The highest BCUT2D eigenvalue weighted by Gasteiger charge is 2.20. The minimum absolute atomic E-state index is 0.242. The van der Waals surface area contributed by atoms with E-state index in [4.69, 9.17) is 4.74 Å². The molecule has 0 unspecified atom stereocenters. The number of piperazine rings is 1. The molecule has 0 bridgehead atoms. The molecule has 0 spiro atoms. The molecule has 132 valence electrons. The molecule has 2 rings (SSSR count). The fourth-order valence-electron chi connectivity index (χ4n) is 2.62. The molecule has 2 N–H and O–H groups in total. The van der Waals surface area contributed by atoms with Crippen LogP contribution in [0.4, 0.5) is 10.5 Å². The van der Waals surface area contributed by atoms with Gasteiger partial charge >= 0.3 is 6.03 Å². The third-order valence-corrected chi connectivity index (χ3v) is 3.95. The summed E-state index contributed by atoms with van der Waals surface area (Å²) in [7, 11) is 1.66. The Balaban J connectivity index is 1.76. The Labute approximate surface area is 142 Å². The first kappa shape index (κ1) is 18.1. The second-order valence-electron chi connectivity index (χ2n) is 5.77. The van der Waals surface area contributed by atoms with Crippen LogP contribution in [0.3, 0.4) is 0 Å². The average Bonchev–Trinajstić information content (AvgIpc) is 2.60. The number of urea groups is 1. The van der Waals surface area contributed by atoms with Crippen LogP contribution in [0.15, 0.2) is 24.3 Å². The van der Waals surface area contributed by atoms with E-state index in [2.05, 4.69) is 26.5 Å². The van der Waals surface area contributed by atoms with Gasteiger partial charge in [0.15, 0.2) is 0 Å². The van der Waals surface area contributed by atoms with Crippen molar-refractivity contribution in [3.8, 4) is 5.75 Å². The van der Waals surface area contributed by atoms with Gasteiger partial charge in [-0.05, 0) is 18.6 Å². The van der Waals surface area contributed by atoms with E-state index in [9.17, 15) is 9.59 Å². The molecule has 0 saturated carbocycles. The SMILES string of the molecule is CCCNC(=O)NC(=O)CN1CCN(c2cccc(OC)c2)CC1. The van der Waals surface area contributed by atoms with Crippen molar-refractivity contribution >= 4 is 17.6 Å². The summed E-state index contributed by atoms with van der Waals surface area (Å²) >= 11 is 0. The minimum Gasteiger partial charge on any atom is -0.497 e. The third-order valence-electron chi connectivity index (χ3n) is 3.95. The third kappa shape index (κ3) is 5.42. The van der Waals surface area contributed by atoms with E-state index in [1.54, 1.807) is 7.11 Å². The normalized spacial score (nSPS) is 15.0. The Bertz CT molecular complexity index is 557. The molecule has 0 atom stereocenters. The molecule has 1 aliphatic heterocycles. The molecule has 1 aromatic rings. The first-order valence-corrected chi connectivity index (χ1v) is 8.31. The molecule has 1 fully saturated rings.